The van der Waals surface area contributed by atoms with Gasteiger partial charge in [-0.1, -0.05) is 0 Å². The molecule has 0 unspecified atom stereocenters. The van der Waals surface area contributed by atoms with Crippen molar-refractivity contribution >= 4 is 26.9 Å². The number of hydrogen-bond donors (Lipinski definition) is 1. The standard InChI is InChI=1S/C10H7BrO4/c1-14-9-4-8-5(2-6(9)11)7(12)3-10(13)15-8/h2-4,12H,1H3. The average Bonchev–Trinajstić information content (AvgIpc) is 2.18. The third-order valence-electron chi connectivity index (χ3n) is 2.00. The molecule has 15 heavy (non-hydrogen) atoms. The third kappa shape index (κ3) is 1.70. The Balaban J connectivity index is 2.87. The van der Waals surface area contributed by atoms with E-state index in [1.165, 1.54) is 7.11 Å². The van der Waals surface area contributed by atoms with Crippen LogP contribution < -0.4 is 10.4 Å². The second-order valence-corrected chi connectivity index (χ2v) is 3.79. The third-order valence-corrected chi connectivity index (χ3v) is 2.61. The van der Waals surface area contributed by atoms with Gasteiger partial charge in [0.05, 0.1) is 23.0 Å². The van der Waals surface area contributed by atoms with Crippen molar-refractivity contribution in [2.24, 2.45) is 0 Å². The molecule has 1 N–H and O–H groups in total. The fraction of sp³-hybridized carbons (Fsp3) is 0.100. The first kappa shape index (κ1) is 10.0. The molecule has 1 aromatic carbocycles. The van der Waals surface area contributed by atoms with Crippen molar-refractivity contribution in [2.45, 2.75) is 0 Å². The van der Waals surface area contributed by atoms with E-state index in [0.29, 0.717) is 21.2 Å². The van der Waals surface area contributed by atoms with E-state index >= 15 is 0 Å². The summed E-state index contributed by atoms with van der Waals surface area (Å²) in [5.74, 6) is 0.431. The number of ether oxygens (including phenoxy) is 1. The zero-order valence-corrected chi connectivity index (χ0v) is 9.37. The van der Waals surface area contributed by atoms with Gasteiger partial charge in [0.25, 0.3) is 0 Å². The summed E-state index contributed by atoms with van der Waals surface area (Å²) in [5, 5.41) is 9.98. The van der Waals surface area contributed by atoms with Crippen LogP contribution in [0.5, 0.6) is 11.5 Å². The first-order chi connectivity index (χ1) is 7.11. The fourth-order valence-corrected chi connectivity index (χ4v) is 1.81. The van der Waals surface area contributed by atoms with E-state index in [9.17, 15) is 9.90 Å². The zero-order valence-electron chi connectivity index (χ0n) is 7.78. The molecule has 0 aliphatic carbocycles. The molecule has 0 aliphatic heterocycles. The molecule has 2 aromatic rings. The second-order valence-electron chi connectivity index (χ2n) is 2.93. The predicted octanol–water partition coefficient (Wildman–Crippen LogP) is 2.27. The topological polar surface area (TPSA) is 59.7 Å². The smallest absolute Gasteiger partial charge is 0.339 e. The molecule has 0 spiro atoms. The predicted molar refractivity (Wildman–Crippen MR) is 58.4 cm³/mol. The summed E-state index contributed by atoms with van der Waals surface area (Å²) in [6, 6.07) is 4.20. The van der Waals surface area contributed by atoms with Gasteiger partial charge in [-0.25, -0.2) is 4.79 Å². The number of methoxy groups -OCH3 is 1. The zero-order chi connectivity index (χ0) is 11.0. The minimum Gasteiger partial charge on any atom is -0.507 e. The van der Waals surface area contributed by atoms with Crippen molar-refractivity contribution in [2.75, 3.05) is 7.11 Å². The van der Waals surface area contributed by atoms with Gasteiger partial charge in [0.1, 0.15) is 17.1 Å². The van der Waals surface area contributed by atoms with Crippen LogP contribution in [0, 0.1) is 0 Å². The van der Waals surface area contributed by atoms with E-state index in [1.54, 1.807) is 12.1 Å². The van der Waals surface area contributed by atoms with E-state index in [1.807, 2.05) is 0 Å². The Bertz CT molecular complexity index is 573. The lowest BCUT2D eigenvalue weighted by Crippen LogP contribution is -1.96. The maximum absolute atomic E-state index is 11.0. The largest absolute Gasteiger partial charge is 0.507 e. The van der Waals surface area contributed by atoms with E-state index < -0.39 is 5.63 Å². The fourth-order valence-electron chi connectivity index (χ4n) is 1.30. The monoisotopic (exact) mass is 270 g/mol. The van der Waals surface area contributed by atoms with Gasteiger partial charge in [0.15, 0.2) is 0 Å². The molecular formula is C10H7BrO4. The maximum Gasteiger partial charge on any atom is 0.339 e. The summed E-state index contributed by atoms with van der Waals surface area (Å²) in [6.45, 7) is 0. The number of aromatic hydroxyl groups is 1. The van der Waals surface area contributed by atoms with Crippen LogP contribution in [-0.2, 0) is 0 Å². The number of rotatable bonds is 1. The van der Waals surface area contributed by atoms with Gasteiger partial charge in [-0.2, -0.15) is 0 Å². The minimum atomic E-state index is -0.593. The van der Waals surface area contributed by atoms with Crippen molar-refractivity contribution in [3.8, 4) is 11.5 Å². The van der Waals surface area contributed by atoms with Gasteiger partial charge in [0.2, 0.25) is 0 Å². The van der Waals surface area contributed by atoms with Crippen LogP contribution in [0.2, 0.25) is 0 Å². The Kier molecular flexibility index (Phi) is 2.40. The average molecular weight is 271 g/mol. The van der Waals surface area contributed by atoms with Gasteiger partial charge in [-0.3, -0.25) is 0 Å². The van der Waals surface area contributed by atoms with Crippen molar-refractivity contribution in [3.63, 3.8) is 0 Å². The minimum absolute atomic E-state index is 0.107. The number of benzene rings is 1. The molecule has 1 aromatic heterocycles. The number of fused-ring (bicyclic) bond motifs is 1. The van der Waals surface area contributed by atoms with Crippen molar-refractivity contribution < 1.29 is 14.3 Å². The SMILES string of the molecule is COc1cc2oc(=O)cc(O)c2cc1Br. The van der Waals surface area contributed by atoms with Crippen LogP contribution in [-0.4, -0.2) is 12.2 Å². The van der Waals surface area contributed by atoms with E-state index in [4.69, 9.17) is 9.15 Å². The molecule has 4 nitrogen and oxygen atoms in total. The second kappa shape index (κ2) is 3.58. The number of halogens is 1. The Hall–Kier alpha value is -1.49. The van der Waals surface area contributed by atoms with Crippen LogP contribution in [0.1, 0.15) is 0 Å². The van der Waals surface area contributed by atoms with Crippen LogP contribution in [0.3, 0.4) is 0 Å². The van der Waals surface area contributed by atoms with Crippen molar-refractivity contribution in [1.29, 1.82) is 0 Å². The first-order valence-electron chi connectivity index (χ1n) is 4.12. The van der Waals surface area contributed by atoms with Crippen LogP contribution in [0.25, 0.3) is 11.0 Å². The molecule has 0 atom stereocenters. The van der Waals surface area contributed by atoms with Crippen LogP contribution in [0.15, 0.2) is 31.9 Å². The quantitative estimate of drug-likeness (QED) is 0.808. The van der Waals surface area contributed by atoms with Gasteiger partial charge < -0.3 is 14.3 Å². The number of hydrogen-bond acceptors (Lipinski definition) is 4. The highest BCUT2D eigenvalue weighted by molar-refractivity contribution is 9.10. The lowest BCUT2D eigenvalue weighted by atomic mass is 10.2. The summed E-state index contributed by atoms with van der Waals surface area (Å²) in [4.78, 5) is 11.0. The molecule has 0 fully saturated rings. The summed E-state index contributed by atoms with van der Waals surface area (Å²) in [5.41, 5.74) is -0.301. The molecule has 0 saturated heterocycles. The van der Waals surface area contributed by atoms with Crippen LogP contribution >= 0.6 is 15.9 Å². The highest BCUT2D eigenvalue weighted by atomic mass is 79.9. The lowest BCUT2D eigenvalue weighted by Gasteiger charge is -2.05. The van der Waals surface area contributed by atoms with E-state index in [0.717, 1.165) is 6.07 Å². The summed E-state index contributed by atoms with van der Waals surface area (Å²) < 4.78 is 10.6. The summed E-state index contributed by atoms with van der Waals surface area (Å²) >= 11 is 3.27. The van der Waals surface area contributed by atoms with Gasteiger partial charge in [0, 0.05) is 6.07 Å². The maximum atomic E-state index is 11.0. The molecule has 0 amide bonds. The van der Waals surface area contributed by atoms with Gasteiger partial charge in [-0.15, -0.1) is 0 Å². The summed E-state index contributed by atoms with van der Waals surface area (Å²) in [6.07, 6.45) is 0. The van der Waals surface area contributed by atoms with E-state index in [2.05, 4.69) is 15.9 Å². The first-order valence-corrected chi connectivity index (χ1v) is 4.91. The lowest BCUT2D eigenvalue weighted by molar-refractivity contribution is 0.411. The highest BCUT2D eigenvalue weighted by Gasteiger charge is 2.09. The Morgan fingerprint density at radius 2 is 2.13 bits per heavy atom. The Labute approximate surface area is 93.2 Å². The molecular weight excluding hydrogens is 264 g/mol. The molecule has 0 saturated carbocycles. The van der Waals surface area contributed by atoms with Crippen LogP contribution in [0.4, 0.5) is 0 Å². The summed E-state index contributed by atoms with van der Waals surface area (Å²) in [7, 11) is 1.51. The van der Waals surface area contributed by atoms with Crippen molar-refractivity contribution in [1.82, 2.24) is 0 Å². The Morgan fingerprint density at radius 3 is 2.80 bits per heavy atom. The molecule has 0 aliphatic rings. The molecule has 5 heteroatoms. The molecule has 0 radical (unpaired) electrons. The normalized spacial score (nSPS) is 10.5. The molecule has 1 heterocycles. The Morgan fingerprint density at radius 1 is 1.40 bits per heavy atom. The van der Waals surface area contributed by atoms with Gasteiger partial charge >= 0.3 is 5.63 Å². The van der Waals surface area contributed by atoms with Crippen molar-refractivity contribution in [3.05, 3.63) is 33.1 Å². The van der Waals surface area contributed by atoms with E-state index in [-0.39, 0.29) is 5.75 Å². The molecule has 2 rings (SSSR count). The molecule has 78 valence electrons. The molecule has 0 bridgehead atoms. The highest BCUT2D eigenvalue weighted by Crippen LogP contribution is 2.33. The van der Waals surface area contributed by atoms with Gasteiger partial charge in [-0.05, 0) is 22.0 Å².